The molecule has 0 aromatic heterocycles. The highest BCUT2D eigenvalue weighted by atomic mass is 19.4. The van der Waals surface area contributed by atoms with E-state index < -0.39 is 11.7 Å². The molecular formula is C16H15F3. The van der Waals surface area contributed by atoms with Crippen molar-refractivity contribution >= 4 is 0 Å². The lowest BCUT2D eigenvalue weighted by molar-refractivity contribution is -0.137. The maximum atomic E-state index is 12.5. The highest BCUT2D eigenvalue weighted by molar-refractivity contribution is 5.68. The van der Waals surface area contributed by atoms with Crippen LogP contribution in [0.15, 0.2) is 42.5 Å². The van der Waals surface area contributed by atoms with Gasteiger partial charge in [-0.25, -0.2) is 0 Å². The van der Waals surface area contributed by atoms with Crippen LogP contribution in [0.4, 0.5) is 13.2 Å². The second kappa shape index (κ2) is 5.08. The Hall–Kier alpha value is -1.77. The van der Waals surface area contributed by atoms with Crippen molar-refractivity contribution in [3.05, 3.63) is 59.2 Å². The number of halogens is 3. The summed E-state index contributed by atoms with van der Waals surface area (Å²) < 4.78 is 37.6. The highest BCUT2D eigenvalue weighted by Gasteiger charge is 2.29. The van der Waals surface area contributed by atoms with Gasteiger partial charge in [-0.05, 0) is 42.2 Å². The van der Waals surface area contributed by atoms with Crippen LogP contribution in [0.2, 0.25) is 0 Å². The van der Waals surface area contributed by atoms with Gasteiger partial charge in [-0.3, -0.25) is 0 Å². The monoisotopic (exact) mass is 264 g/mol. The molecule has 0 nitrogen and oxygen atoms in total. The van der Waals surface area contributed by atoms with Gasteiger partial charge in [-0.1, -0.05) is 42.8 Å². The minimum absolute atomic E-state index is 0.609. The van der Waals surface area contributed by atoms with E-state index in [0.717, 1.165) is 40.8 Å². The predicted molar refractivity (Wildman–Crippen MR) is 71.0 cm³/mol. The van der Waals surface area contributed by atoms with Gasteiger partial charge in [0.1, 0.15) is 0 Å². The number of hydrogen-bond donors (Lipinski definition) is 0. The van der Waals surface area contributed by atoms with Crippen molar-refractivity contribution in [1.29, 1.82) is 0 Å². The summed E-state index contributed by atoms with van der Waals surface area (Å²) >= 11 is 0. The predicted octanol–water partition coefficient (Wildman–Crippen LogP) is 5.24. The van der Waals surface area contributed by atoms with E-state index in [0.29, 0.717) is 0 Å². The SMILES string of the molecule is CCc1ccc(C)cc1-c1ccc(C(F)(F)F)cc1. The number of hydrogen-bond acceptors (Lipinski definition) is 0. The number of alkyl halides is 3. The lowest BCUT2D eigenvalue weighted by atomic mass is 9.95. The number of benzene rings is 2. The van der Waals surface area contributed by atoms with E-state index in [1.165, 1.54) is 12.1 Å². The van der Waals surface area contributed by atoms with Crippen LogP contribution in [0.25, 0.3) is 11.1 Å². The molecule has 19 heavy (non-hydrogen) atoms. The van der Waals surface area contributed by atoms with Crippen LogP contribution < -0.4 is 0 Å². The lowest BCUT2D eigenvalue weighted by Crippen LogP contribution is -2.04. The second-order valence-corrected chi connectivity index (χ2v) is 4.59. The Morgan fingerprint density at radius 2 is 1.58 bits per heavy atom. The molecule has 0 bridgehead atoms. The number of rotatable bonds is 2. The van der Waals surface area contributed by atoms with Crippen LogP contribution >= 0.6 is 0 Å². The minimum atomic E-state index is -4.28. The molecule has 0 saturated heterocycles. The van der Waals surface area contributed by atoms with Gasteiger partial charge < -0.3 is 0 Å². The van der Waals surface area contributed by atoms with Crippen LogP contribution in [-0.4, -0.2) is 0 Å². The second-order valence-electron chi connectivity index (χ2n) is 4.59. The lowest BCUT2D eigenvalue weighted by Gasteiger charge is -2.11. The molecule has 0 heterocycles. The molecule has 2 aromatic carbocycles. The van der Waals surface area contributed by atoms with Crippen LogP contribution in [-0.2, 0) is 12.6 Å². The van der Waals surface area contributed by atoms with E-state index in [2.05, 4.69) is 0 Å². The summed E-state index contributed by atoms with van der Waals surface area (Å²) in [5.41, 5.74) is 3.48. The largest absolute Gasteiger partial charge is 0.416 e. The molecule has 0 unspecified atom stereocenters. The van der Waals surface area contributed by atoms with E-state index in [1.807, 2.05) is 32.0 Å². The van der Waals surface area contributed by atoms with E-state index >= 15 is 0 Å². The first-order valence-electron chi connectivity index (χ1n) is 6.19. The number of aryl methyl sites for hydroxylation is 2. The maximum absolute atomic E-state index is 12.5. The van der Waals surface area contributed by atoms with Gasteiger partial charge in [0.2, 0.25) is 0 Å². The Bertz CT molecular complexity index is 566. The molecule has 0 aliphatic rings. The summed E-state index contributed by atoms with van der Waals surface area (Å²) in [4.78, 5) is 0. The Kier molecular flexibility index (Phi) is 3.65. The summed E-state index contributed by atoms with van der Waals surface area (Å²) in [5, 5.41) is 0. The summed E-state index contributed by atoms with van der Waals surface area (Å²) in [6.07, 6.45) is -3.42. The fourth-order valence-electron chi connectivity index (χ4n) is 2.11. The van der Waals surface area contributed by atoms with Crippen molar-refractivity contribution < 1.29 is 13.2 Å². The van der Waals surface area contributed by atoms with Crippen molar-refractivity contribution in [1.82, 2.24) is 0 Å². The molecule has 2 aromatic rings. The average molecular weight is 264 g/mol. The molecule has 100 valence electrons. The molecular weight excluding hydrogens is 249 g/mol. The zero-order chi connectivity index (χ0) is 14.0. The summed E-state index contributed by atoms with van der Waals surface area (Å²) in [7, 11) is 0. The molecule has 0 radical (unpaired) electrons. The minimum Gasteiger partial charge on any atom is -0.166 e. The summed E-state index contributed by atoms with van der Waals surface area (Å²) in [5.74, 6) is 0. The van der Waals surface area contributed by atoms with Gasteiger partial charge in [-0.15, -0.1) is 0 Å². The Morgan fingerprint density at radius 1 is 0.947 bits per heavy atom. The van der Waals surface area contributed by atoms with Crippen molar-refractivity contribution in [2.24, 2.45) is 0 Å². The first-order valence-corrected chi connectivity index (χ1v) is 6.19. The molecule has 0 amide bonds. The molecule has 3 heteroatoms. The quantitative estimate of drug-likeness (QED) is 0.695. The first-order chi connectivity index (χ1) is 8.91. The van der Waals surface area contributed by atoms with Crippen LogP contribution in [0.5, 0.6) is 0 Å². The van der Waals surface area contributed by atoms with Crippen molar-refractivity contribution in [3.8, 4) is 11.1 Å². The van der Waals surface area contributed by atoms with Gasteiger partial charge in [0, 0.05) is 0 Å². The molecule has 0 fully saturated rings. The third-order valence-corrected chi connectivity index (χ3v) is 3.17. The third kappa shape index (κ3) is 2.98. The molecule has 2 rings (SSSR count). The first kappa shape index (κ1) is 13.7. The van der Waals surface area contributed by atoms with Gasteiger partial charge in [0.25, 0.3) is 0 Å². The average Bonchev–Trinajstić information content (AvgIpc) is 2.38. The standard InChI is InChI=1S/C16H15F3/c1-3-12-5-4-11(2)10-15(12)13-6-8-14(9-7-13)16(17,18)19/h4-10H,3H2,1-2H3. The Labute approximate surface area is 110 Å². The molecule has 0 atom stereocenters. The summed E-state index contributed by atoms with van der Waals surface area (Å²) in [6.45, 7) is 4.02. The van der Waals surface area contributed by atoms with Gasteiger partial charge >= 0.3 is 6.18 Å². The van der Waals surface area contributed by atoms with Crippen LogP contribution in [0.1, 0.15) is 23.6 Å². The third-order valence-electron chi connectivity index (χ3n) is 3.17. The molecule has 0 spiro atoms. The Morgan fingerprint density at radius 3 is 2.11 bits per heavy atom. The van der Waals surface area contributed by atoms with Crippen molar-refractivity contribution in [3.63, 3.8) is 0 Å². The van der Waals surface area contributed by atoms with E-state index in [4.69, 9.17) is 0 Å². The topological polar surface area (TPSA) is 0 Å². The zero-order valence-corrected chi connectivity index (χ0v) is 10.9. The smallest absolute Gasteiger partial charge is 0.166 e. The van der Waals surface area contributed by atoms with Gasteiger partial charge in [-0.2, -0.15) is 13.2 Å². The van der Waals surface area contributed by atoms with E-state index in [-0.39, 0.29) is 0 Å². The normalized spacial score (nSPS) is 11.6. The van der Waals surface area contributed by atoms with Crippen LogP contribution in [0.3, 0.4) is 0 Å². The molecule has 0 aliphatic heterocycles. The Balaban J connectivity index is 2.45. The van der Waals surface area contributed by atoms with Crippen LogP contribution in [0, 0.1) is 6.92 Å². The van der Waals surface area contributed by atoms with E-state index in [1.54, 1.807) is 0 Å². The van der Waals surface area contributed by atoms with Gasteiger partial charge in [0.05, 0.1) is 5.56 Å². The fraction of sp³-hybridized carbons (Fsp3) is 0.250. The fourth-order valence-corrected chi connectivity index (χ4v) is 2.11. The van der Waals surface area contributed by atoms with Crippen molar-refractivity contribution in [2.45, 2.75) is 26.4 Å². The molecule has 0 N–H and O–H groups in total. The van der Waals surface area contributed by atoms with Gasteiger partial charge in [0.15, 0.2) is 0 Å². The van der Waals surface area contributed by atoms with Crippen molar-refractivity contribution in [2.75, 3.05) is 0 Å². The summed E-state index contributed by atoms with van der Waals surface area (Å²) in [6, 6.07) is 11.4. The zero-order valence-electron chi connectivity index (χ0n) is 10.9. The van der Waals surface area contributed by atoms with E-state index in [9.17, 15) is 13.2 Å². The highest BCUT2D eigenvalue weighted by Crippen LogP contribution is 2.32. The maximum Gasteiger partial charge on any atom is 0.416 e. The molecule has 0 saturated carbocycles. The molecule has 0 aliphatic carbocycles.